The molecule has 8 heteroatoms. The third-order valence-corrected chi connectivity index (χ3v) is 5.43. The molecule has 2 N–H and O–H groups in total. The second-order valence-corrected chi connectivity index (χ2v) is 8.17. The molecule has 3 rings (SSSR count). The quantitative estimate of drug-likeness (QED) is 0.818. The molecule has 1 amide bonds. The molecule has 2 aromatic rings. The highest BCUT2D eigenvalue weighted by atomic mass is 79.9. The number of carbonyl (C=O) groups excluding carboxylic acids is 1. The van der Waals surface area contributed by atoms with Gasteiger partial charge in [0.2, 0.25) is 10.0 Å². The van der Waals surface area contributed by atoms with Crippen LogP contribution in [0, 0.1) is 0 Å². The molecular weight excluding hydrogens is 406 g/mol. The van der Waals surface area contributed by atoms with Crippen LogP contribution >= 0.6 is 15.9 Å². The first kappa shape index (κ1) is 17.8. The van der Waals surface area contributed by atoms with Crippen molar-refractivity contribution in [2.24, 2.45) is 10.1 Å². The predicted octanol–water partition coefficient (Wildman–Crippen LogP) is 2.10. The fourth-order valence-electron chi connectivity index (χ4n) is 2.67. The summed E-state index contributed by atoms with van der Waals surface area (Å²) in [5.74, 6) is -0.127. The molecule has 0 fully saturated rings. The van der Waals surface area contributed by atoms with Crippen molar-refractivity contribution < 1.29 is 13.2 Å². The number of hydrogen-bond acceptors (Lipinski definition) is 4. The molecule has 1 heterocycles. The number of anilines is 1. The first-order valence-electron chi connectivity index (χ1n) is 7.51. The van der Waals surface area contributed by atoms with Gasteiger partial charge in [-0.05, 0) is 42.3 Å². The number of amides is 1. The van der Waals surface area contributed by atoms with E-state index in [-0.39, 0.29) is 10.8 Å². The van der Waals surface area contributed by atoms with Gasteiger partial charge >= 0.3 is 0 Å². The SMILES string of the molecule is CN1C(=O)C(=NCCc2ccc(S(N)(=O)=O)cc2)c2cc(Br)ccc21. The third kappa shape index (κ3) is 3.65. The van der Waals surface area contributed by atoms with Gasteiger partial charge in [0.1, 0.15) is 5.71 Å². The molecule has 0 unspecified atom stereocenters. The zero-order valence-corrected chi connectivity index (χ0v) is 15.8. The van der Waals surface area contributed by atoms with Gasteiger partial charge in [-0.3, -0.25) is 9.79 Å². The van der Waals surface area contributed by atoms with Crippen molar-refractivity contribution in [3.8, 4) is 0 Å². The van der Waals surface area contributed by atoms with Gasteiger partial charge in [-0.25, -0.2) is 13.6 Å². The Morgan fingerprint density at radius 2 is 1.84 bits per heavy atom. The van der Waals surface area contributed by atoms with E-state index in [1.54, 1.807) is 24.1 Å². The number of hydrogen-bond donors (Lipinski definition) is 1. The molecule has 6 nitrogen and oxygen atoms in total. The molecule has 2 aromatic carbocycles. The minimum atomic E-state index is -3.69. The van der Waals surface area contributed by atoms with E-state index in [9.17, 15) is 13.2 Å². The first-order valence-corrected chi connectivity index (χ1v) is 9.85. The standard InChI is InChI=1S/C17H16BrN3O3S/c1-21-15-7-4-12(18)10-14(15)16(17(21)22)20-9-8-11-2-5-13(6-3-11)25(19,23)24/h2-7,10H,8-9H2,1H3,(H2,19,23,24). The maximum absolute atomic E-state index is 12.4. The average Bonchev–Trinajstić information content (AvgIpc) is 2.79. The second kappa shape index (κ2) is 6.70. The van der Waals surface area contributed by atoms with Gasteiger partial charge in [0, 0.05) is 23.6 Å². The topological polar surface area (TPSA) is 92.8 Å². The van der Waals surface area contributed by atoms with Crippen molar-refractivity contribution in [2.75, 3.05) is 18.5 Å². The monoisotopic (exact) mass is 421 g/mol. The molecule has 1 aliphatic rings. The fraction of sp³-hybridized carbons (Fsp3) is 0.176. The van der Waals surface area contributed by atoms with Gasteiger partial charge in [-0.15, -0.1) is 0 Å². The van der Waals surface area contributed by atoms with E-state index in [4.69, 9.17) is 5.14 Å². The summed E-state index contributed by atoms with van der Waals surface area (Å²) in [7, 11) is -1.96. The Balaban J connectivity index is 1.77. The largest absolute Gasteiger partial charge is 0.309 e. The zero-order valence-electron chi connectivity index (χ0n) is 13.4. The highest BCUT2D eigenvalue weighted by Gasteiger charge is 2.31. The van der Waals surface area contributed by atoms with E-state index in [1.165, 1.54) is 12.1 Å². The molecule has 0 radical (unpaired) electrons. The van der Waals surface area contributed by atoms with Crippen molar-refractivity contribution in [2.45, 2.75) is 11.3 Å². The van der Waals surface area contributed by atoms with Crippen molar-refractivity contribution in [1.29, 1.82) is 0 Å². The lowest BCUT2D eigenvalue weighted by Gasteiger charge is -2.08. The van der Waals surface area contributed by atoms with E-state index in [0.717, 1.165) is 21.3 Å². The summed E-state index contributed by atoms with van der Waals surface area (Å²) in [4.78, 5) is 18.5. The number of fused-ring (bicyclic) bond motifs is 1. The van der Waals surface area contributed by atoms with Crippen molar-refractivity contribution in [3.63, 3.8) is 0 Å². The van der Waals surface area contributed by atoms with E-state index in [0.29, 0.717) is 18.7 Å². The lowest BCUT2D eigenvalue weighted by Crippen LogP contribution is -2.25. The molecule has 0 atom stereocenters. The summed E-state index contributed by atoms with van der Waals surface area (Å²) < 4.78 is 23.4. The molecule has 0 aliphatic carbocycles. The first-order chi connectivity index (χ1) is 11.8. The van der Waals surface area contributed by atoms with E-state index in [1.807, 2.05) is 18.2 Å². The van der Waals surface area contributed by atoms with Gasteiger partial charge in [0.25, 0.3) is 5.91 Å². The van der Waals surface area contributed by atoms with Gasteiger partial charge in [-0.2, -0.15) is 0 Å². The number of nitrogens with zero attached hydrogens (tertiary/aromatic N) is 2. The minimum absolute atomic E-state index is 0.0777. The summed E-state index contributed by atoms with van der Waals surface area (Å²) in [5, 5.41) is 5.08. The Morgan fingerprint density at radius 3 is 2.48 bits per heavy atom. The summed E-state index contributed by atoms with van der Waals surface area (Å²) in [5.41, 5.74) is 3.01. The van der Waals surface area contributed by atoms with Crippen LogP contribution in [-0.2, 0) is 21.2 Å². The van der Waals surface area contributed by atoms with E-state index >= 15 is 0 Å². The van der Waals surface area contributed by atoms with E-state index in [2.05, 4.69) is 20.9 Å². The summed E-state index contributed by atoms with van der Waals surface area (Å²) in [6.07, 6.45) is 0.592. The molecule has 130 valence electrons. The maximum atomic E-state index is 12.4. The number of rotatable bonds is 4. The Kier molecular flexibility index (Phi) is 4.77. The third-order valence-electron chi connectivity index (χ3n) is 4.00. The van der Waals surface area contributed by atoms with Gasteiger partial charge in [0.15, 0.2) is 0 Å². The van der Waals surface area contributed by atoms with Crippen LogP contribution in [0.4, 0.5) is 5.69 Å². The normalized spacial score (nSPS) is 15.7. The van der Waals surface area contributed by atoms with Gasteiger partial charge < -0.3 is 4.90 Å². The number of carbonyl (C=O) groups is 1. The summed E-state index contributed by atoms with van der Waals surface area (Å²) in [6, 6.07) is 12.0. The number of benzene rings is 2. The number of halogens is 1. The number of nitrogens with two attached hydrogens (primary N) is 1. The maximum Gasteiger partial charge on any atom is 0.276 e. The molecule has 0 saturated carbocycles. The molecule has 1 aliphatic heterocycles. The Labute approximate surface area is 154 Å². The second-order valence-electron chi connectivity index (χ2n) is 5.69. The number of sulfonamides is 1. The molecule has 0 bridgehead atoms. The van der Waals surface area contributed by atoms with Crippen LogP contribution in [-0.4, -0.2) is 33.6 Å². The van der Waals surface area contributed by atoms with Gasteiger partial charge in [-0.1, -0.05) is 28.1 Å². The fourth-order valence-corrected chi connectivity index (χ4v) is 3.55. The predicted molar refractivity (Wildman–Crippen MR) is 100 cm³/mol. The smallest absolute Gasteiger partial charge is 0.276 e. The molecular formula is C17H16BrN3O3S. The number of likely N-dealkylation sites (N-methyl/N-ethyl adjacent to an activating group) is 1. The van der Waals surface area contributed by atoms with Crippen molar-refractivity contribution >= 4 is 43.3 Å². The Hall–Kier alpha value is -2.03. The zero-order chi connectivity index (χ0) is 18.2. The highest BCUT2D eigenvalue weighted by molar-refractivity contribution is 9.10. The van der Waals surface area contributed by atoms with Crippen LogP contribution in [0.15, 0.2) is 56.8 Å². The number of primary sulfonamides is 1. The number of aliphatic imine (C=N–C) groups is 1. The van der Waals surface area contributed by atoms with Crippen molar-refractivity contribution in [1.82, 2.24) is 0 Å². The van der Waals surface area contributed by atoms with Crippen LogP contribution in [0.1, 0.15) is 11.1 Å². The molecule has 0 aromatic heterocycles. The van der Waals surface area contributed by atoms with Crippen molar-refractivity contribution in [3.05, 3.63) is 58.1 Å². The lowest BCUT2D eigenvalue weighted by atomic mass is 10.1. The highest BCUT2D eigenvalue weighted by Crippen LogP contribution is 2.30. The van der Waals surface area contributed by atoms with E-state index < -0.39 is 10.0 Å². The van der Waals surface area contributed by atoms with Gasteiger partial charge in [0.05, 0.1) is 10.6 Å². The molecule has 25 heavy (non-hydrogen) atoms. The van der Waals surface area contributed by atoms with Crippen LogP contribution in [0.5, 0.6) is 0 Å². The summed E-state index contributed by atoms with van der Waals surface area (Å²) in [6.45, 7) is 0.426. The average molecular weight is 422 g/mol. The molecule has 0 saturated heterocycles. The van der Waals surface area contributed by atoms with Crippen LogP contribution < -0.4 is 10.0 Å². The Bertz CT molecular complexity index is 969. The minimum Gasteiger partial charge on any atom is -0.309 e. The Morgan fingerprint density at radius 1 is 1.16 bits per heavy atom. The molecule has 0 spiro atoms. The van der Waals surface area contributed by atoms with Crippen LogP contribution in [0.25, 0.3) is 0 Å². The lowest BCUT2D eigenvalue weighted by molar-refractivity contribution is -0.111. The van der Waals surface area contributed by atoms with Crippen LogP contribution in [0.2, 0.25) is 0 Å². The summed E-state index contributed by atoms with van der Waals surface area (Å²) >= 11 is 3.42. The van der Waals surface area contributed by atoms with Crippen LogP contribution in [0.3, 0.4) is 0 Å².